The molecule has 6 heteroatoms. The molecule has 0 saturated heterocycles. The SMILES string of the molecule is COC1CCc2c(I)nn(C(=O)c3c(Cl)cccc3C3CC3)c2C1. The molecule has 1 unspecified atom stereocenters. The largest absolute Gasteiger partial charge is 0.381 e. The van der Waals surface area contributed by atoms with Crippen LogP contribution >= 0.6 is 34.2 Å². The number of carbonyl (C=O) groups is 1. The maximum Gasteiger partial charge on any atom is 0.280 e. The molecule has 0 radical (unpaired) electrons. The van der Waals surface area contributed by atoms with Crippen molar-refractivity contribution in [2.24, 2.45) is 0 Å². The first-order chi connectivity index (χ1) is 11.6. The van der Waals surface area contributed by atoms with E-state index in [1.165, 1.54) is 5.56 Å². The summed E-state index contributed by atoms with van der Waals surface area (Å²) < 4.78 is 7.99. The maximum atomic E-state index is 13.3. The van der Waals surface area contributed by atoms with Crippen LogP contribution in [-0.4, -0.2) is 28.9 Å². The van der Waals surface area contributed by atoms with E-state index < -0.39 is 0 Å². The minimum atomic E-state index is -0.113. The second-order valence-electron chi connectivity index (χ2n) is 6.51. The molecule has 0 aliphatic heterocycles. The first-order valence-corrected chi connectivity index (χ1v) is 9.68. The molecular weight excluding hydrogens is 439 g/mol. The number of nitrogens with zero attached hydrogens (tertiary/aromatic N) is 2. The van der Waals surface area contributed by atoms with Crippen molar-refractivity contribution >= 4 is 40.1 Å². The fourth-order valence-electron chi connectivity index (χ4n) is 3.51. The van der Waals surface area contributed by atoms with Gasteiger partial charge in [-0.05, 0) is 65.8 Å². The van der Waals surface area contributed by atoms with Gasteiger partial charge in [-0.15, -0.1) is 0 Å². The van der Waals surface area contributed by atoms with Crippen LogP contribution in [0.2, 0.25) is 5.02 Å². The van der Waals surface area contributed by atoms with Crippen LogP contribution in [0.4, 0.5) is 0 Å². The first kappa shape index (κ1) is 16.5. The van der Waals surface area contributed by atoms with E-state index in [9.17, 15) is 4.79 Å². The predicted octanol–water partition coefficient (Wildman–Crippen LogP) is 4.21. The van der Waals surface area contributed by atoms with E-state index in [0.717, 1.165) is 47.1 Å². The molecule has 24 heavy (non-hydrogen) atoms. The van der Waals surface area contributed by atoms with Crippen molar-refractivity contribution in [3.8, 4) is 0 Å². The molecule has 1 aromatic heterocycles. The highest BCUT2D eigenvalue weighted by molar-refractivity contribution is 14.1. The van der Waals surface area contributed by atoms with Gasteiger partial charge in [0, 0.05) is 19.1 Å². The van der Waals surface area contributed by atoms with Gasteiger partial charge in [0.1, 0.15) is 3.70 Å². The van der Waals surface area contributed by atoms with E-state index in [2.05, 4.69) is 27.7 Å². The van der Waals surface area contributed by atoms with Gasteiger partial charge < -0.3 is 4.74 Å². The summed E-state index contributed by atoms with van der Waals surface area (Å²) in [7, 11) is 1.72. The molecule has 1 aromatic carbocycles. The summed E-state index contributed by atoms with van der Waals surface area (Å²) in [4.78, 5) is 13.3. The van der Waals surface area contributed by atoms with E-state index in [1.807, 2.05) is 12.1 Å². The molecule has 0 bridgehead atoms. The molecule has 4 nitrogen and oxygen atoms in total. The molecule has 1 fully saturated rings. The third-order valence-electron chi connectivity index (χ3n) is 4.98. The molecule has 0 spiro atoms. The van der Waals surface area contributed by atoms with E-state index in [1.54, 1.807) is 17.9 Å². The highest BCUT2D eigenvalue weighted by Crippen LogP contribution is 2.43. The van der Waals surface area contributed by atoms with Crippen molar-refractivity contribution in [1.82, 2.24) is 9.78 Å². The Morgan fingerprint density at radius 2 is 2.17 bits per heavy atom. The van der Waals surface area contributed by atoms with Gasteiger partial charge in [-0.25, -0.2) is 0 Å². The fraction of sp³-hybridized carbons (Fsp3) is 0.444. The Bertz CT molecular complexity index is 814. The average Bonchev–Trinajstić information content (AvgIpc) is 3.38. The number of hydrogen-bond acceptors (Lipinski definition) is 3. The van der Waals surface area contributed by atoms with Crippen LogP contribution in [0.1, 0.15) is 52.4 Å². The van der Waals surface area contributed by atoms with Crippen molar-refractivity contribution in [2.75, 3.05) is 7.11 Å². The molecule has 1 atom stereocenters. The molecule has 2 aromatic rings. The lowest BCUT2D eigenvalue weighted by molar-refractivity contribution is 0.0851. The minimum Gasteiger partial charge on any atom is -0.381 e. The smallest absolute Gasteiger partial charge is 0.280 e. The lowest BCUT2D eigenvalue weighted by atomic mass is 9.95. The molecule has 1 heterocycles. The zero-order valence-electron chi connectivity index (χ0n) is 13.4. The van der Waals surface area contributed by atoms with Gasteiger partial charge >= 0.3 is 0 Å². The lowest BCUT2D eigenvalue weighted by Crippen LogP contribution is -2.26. The van der Waals surface area contributed by atoms with Crippen LogP contribution < -0.4 is 0 Å². The standard InChI is InChI=1S/C18H18ClIN2O2/c1-24-11-7-8-13-15(9-11)22(21-17(13)20)18(23)16-12(10-5-6-10)3-2-4-14(16)19/h2-4,10-11H,5-9H2,1H3. The fourth-order valence-corrected chi connectivity index (χ4v) is 4.57. The molecule has 4 rings (SSSR count). The zero-order chi connectivity index (χ0) is 16.8. The summed E-state index contributed by atoms with van der Waals surface area (Å²) in [5.74, 6) is 0.346. The summed E-state index contributed by atoms with van der Waals surface area (Å²) in [5.41, 5.74) is 3.83. The Morgan fingerprint density at radius 3 is 2.88 bits per heavy atom. The minimum absolute atomic E-state index is 0.113. The summed E-state index contributed by atoms with van der Waals surface area (Å²) >= 11 is 8.62. The van der Waals surface area contributed by atoms with E-state index >= 15 is 0 Å². The Hall–Kier alpha value is -0.920. The van der Waals surface area contributed by atoms with Gasteiger partial charge in [0.25, 0.3) is 5.91 Å². The molecule has 2 aliphatic rings. The third-order valence-corrected chi connectivity index (χ3v) is 6.16. The summed E-state index contributed by atoms with van der Waals surface area (Å²) in [6, 6.07) is 5.74. The van der Waals surface area contributed by atoms with Crippen molar-refractivity contribution in [3.05, 3.63) is 49.3 Å². The monoisotopic (exact) mass is 456 g/mol. The van der Waals surface area contributed by atoms with Gasteiger partial charge in [0.15, 0.2) is 0 Å². The molecular formula is C18H18ClIN2O2. The average molecular weight is 457 g/mol. The number of fused-ring (bicyclic) bond motifs is 1. The Balaban J connectivity index is 1.79. The number of methoxy groups -OCH3 is 1. The van der Waals surface area contributed by atoms with Gasteiger partial charge in [-0.2, -0.15) is 9.78 Å². The topological polar surface area (TPSA) is 44.1 Å². The number of benzene rings is 1. The second-order valence-corrected chi connectivity index (χ2v) is 7.94. The quantitative estimate of drug-likeness (QED) is 0.650. The van der Waals surface area contributed by atoms with Crippen LogP contribution in [0, 0.1) is 3.70 Å². The van der Waals surface area contributed by atoms with Crippen LogP contribution in [0.3, 0.4) is 0 Å². The van der Waals surface area contributed by atoms with Crippen molar-refractivity contribution < 1.29 is 9.53 Å². The summed E-state index contributed by atoms with van der Waals surface area (Å²) in [6.07, 6.45) is 4.99. The predicted molar refractivity (Wildman–Crippen MR) is 101 cm³/mol. The number of halogens is 2. The van der Waals surface area contributed by atoms with Crippen LogP contribution in [-0.2, 0) is 17.6 Å². The van der Waals surface area contributed by atoms with Gasteiger partial charge in [-0.1, -0.05) is 23.7 Å². The lowest BCUT2D eigenvalue weighted by Gasteiger charge is -2.22. The number of carbonyl (C=O) groups excluding carboxylic acids is 1. The molecule has 0 amide bonds. The van der Waals surface area contributed by atoms with Crippen LogP contribution in [0.5, 0.6) is 0 Å². The van der Waals surface area contributed by atoms with Gasteiger partial charge in [-0.3, -0.25) is 4.79 Å². The molecule has 0 N–H and O–H groups in total. The Kier molecular flexibility index (Phi) is 4.43. The van der Waals surface area contributed by atoms with E-state index in [-0.39, 0.29) is 12.0 Å². The third kappa shape index (κ3) is 2.80. The van der Waals surface area contributed by atoms with Gasteiger partial charge in [0.2, 0.25) is 0 Å². The molecule has 1 saturated carbocycles. The summed E-state index contributed by atoms with van der Waals surface area (Å²) in [5, 5.41) is 5.06. The Labute approximate surface area is 159 Å². The Morgan fingerprint density at radius 1 is 1.38 bits per heavy atom. The van der Waals surface area contributed by atoms with E-state index in [4.69, 9.17) is 16.3 Å². The highest BCUT2D eigenvalue weighted by atomic mass is 127. The number of ether oxygens (including phenoxy) is 1. The maximum absolute atomic E-state index is 13.3. The van der Waals surface area contributed by atoms with Crippen molar-refractivity contribution in [2.45, 2.75) is 44.1 Å². The highest BCUT2D eigenvalue weighted by Gasteiger charge is 2.33. The normalized spacial score (nSPS) is 20.0. The van der Waals surface area contributed by atoms with Crippen molar-refractivity contribution in [1.29, 1.82) is 0 Å². The molecule has 2 aliphatic carbocycles. The number of hydrogen-bond donors (Lipinski definition) is 0. The second kappa shape index (κ2) is 6.42. The first-order valence-electron chi connectivity index (χ1n) is 8.22. The van der Waals surface area contributed by atoms with Crippen LogP contribution in [0.25, 0.3) is 0 Å². The van der Waals surface area contributed by atoms with Crippen LogP contribution in [0.15, 0.2) is 18.2 Å². The molecule has 126 valence electrons. The van der Waals surface area contributed by atoms with Gasteiger partial charge in [0.05, 0.1) is 22.4 Å². The van der Waals surface area contributed by atoms with Crippen molar-refractivity contribution in [3.63, 3.8) is 0 Å². The van der Waals surface area contributed by atoms with E-state index in [0.29, 0.717) is 16.5 Å². The summed E-state index contributed by atoms with van der Waals surface area (Å²) in [6.45, 7) is 0. The number of rotatable bonds is 3. The number of aromatic nitrogens is 2. The zero-order valence-corrected chi connectivity index (χ0v) is 16.3.